The van der Waals surface area contributed by atoms with Crippen LogP contribution in [0.5, 0.6) is 0 Å². The summed E-state index contributed by atoms with van der Waals surface area (Å²) in [4.78, 5) is 0. The van der Waals surface area contributed by atoms with Crippen molar-refractivity contribution in [2.75, 3.05) is 0 Å². The first kappa shape index (κ1) is 9.45. The second-order valence-corrected chi connectivity index (χ2v) is 3.23. The predicted octanol–water partition coefficient (Wildman–Crippen LogP) is -0.117. The molecule has 0 radical (unpaired) electrons. The summed E-state index contributed by atoms with van der Waals surface area (Å²) < 4.78 is 3.32. The molecule has 0 aliphatic rings. The summed E-state index contributed by atoms with van der Waals surface area (Å²) in [6.45, 7) is 0. The van der Waals surface area contributed by atoms with E-state index in [9.17, 15) is 5.11 Å². The third kappa shape index (κ3) is 2.22. The Labute approximate surface area is 87.7 Å². The fourth-order valence-corrected chi connectivity index (χ4v) is 1.24. The number of benzene rings is 1. The number of aryl methyl sites for hydroxylation is 1. The molecule has 76 valence electrons. The molecule has 0 bridgehead atoms. The number of imidazole rings is 1. The maximum Gasteiger partial charge on any atom is 0.269 e. The molecule has 2 aromatic rings. The van der Waals surface area contributed by atoms with Crippen LogP contribution >= 0.6 is 0 Å². The van der Waals surface area contributed by atoms with Crippen molar-refractivity contribution in [2.45, 2.75) is 0 Å². The Hall–Kier alpha value is -2.10. The molecular formula is C11H11N3O. The second-order valence-electron chi connectivity index (χ2n) is 3.23. The zero-order valence-corrected chi connectivity index (χ0v) is 8.37. The van der Waals surface area contributed by atoms with Crippen molar-refractivity contribution in [1.29, 1.82) is 0 Å². The highest BCUT2D eigenvalue weighted by atomic mass is 16.3. The van der Waals surface area contributed by atoms with Gasteiger partial charge < -0.3 is 5.11 Å². The van der Waals surface area contributed by atoms with Crippen LogP contribution in [0.2, 0.25) is 0 Å². The van der Waals surface area contributed by atoms with E-state index in [2.05, 4.69) is 5.10 Å². The first-order valence-electron chi connectivity index (χ1n) is 4.60. The Kier molecular flexibility index (Phi) is 2.49. The van der Waals surface area contributed by atoms with E-state index >= 15 is 0 Å². The minimum atomic E-state index is -0.244. The lowest BCUT2D eigenvalue weighted by molar-refractivity contribution is -0.671. The molecule has 0 atom stereocenters. The van der Waals surface area contributed by atoms with Crippen molar-refractivity contribution in [3.05, 3.63) is 54.6 Å². The van der Waals surface area contributed by atoms with Gasteiger partial charge in [-0.15, -0.1) is 4.68 Å². The first-order valence-corrected chi connectivity index (χ1v) is 4.60. The zero-order chi connectivity index (χ0) is 10.7. The minimum Gasteiger partial charge on any atom is -0.856 e. The number of hydrogen-bond acceptors (Lipinski definition) is 2. The number of aromatic nitrogens is 2. The molecule has 1 aromatic carbocycles. The van der Waals surface area contributed by atoms with E-state index < -0.39 is 0 Å². The Bertz CT molecular complexity index is 474. The highest BCUT2D eigenvalue weighted by molar-refractivity contribution is 5.90. The van der Waals surface area contributed by atoms with E-state index in [-0.39, 0.29) is 5.90 Å². The average Bonchev–Trinajstić information content (AvgIpc) is 2.65. The van der Waals surface area contributed by atoms with Gasteiger partial charge in [-0.1, -0.05) is 35.4 Å². The Morgan fingerprint density at radius 3 is 2.67 bits per heavy atom. The normalized spacial score (nSPS) is 11.7. The van der Waals surface area contributed by atoms with E-state index in [0.29, 0.717) is 5.56 Å². The SMILES string of the molecule is C[n+]1ccn(N=C([O-])c2ccccc2)c1. The average molecular weight is 201 g/mol. The largest absolute Gasteiger partial charge is 0.856 e. The highest BCUT2D eigenvalue weighted by Crippen LogP contribution is 1.97. The standard InChI is InChI=1S/C11H11N3O/c1-13-7-8-14(9-13)12-11(15)10-5-3-2-4-6-10/h2-9H,1H3. The third-order valence-corrected chi connectivity index (χ3v) is 1.98. The molecule has 0 spiro atoms. The summed E-state index contributed by atoms with van der Waals surface area (Å²) in [7, 11) is 1.87. The summed E-state index contributed by atoms with van der Waals surface area (Å²) in [6, 6.07) is 8.99. The molecule has 0 fully saturated rings. The minimum absolute atomic E-state index is 0.244. The van der Waals surface area contributed by atoms with Gasteiger partial charge >= 0.3 is 0 Å². The van der Waals surface area contributed by atoms with E-state index in [1.165, 1.54) is 4.68 Å². The van der Waals surface area contributed by atoms with Gasteiger partial charge in [0.1, 0.15) is 6.20 Å². The molecule has 0 N–H and O–H groups in total. The molecule has 0 saturated heterocycles. The second kappa shape index (κ2) is 3.96. The van der Waals surface area contributed by atoms with Crippen molar-refractivity contribution >= 4 is 5.90 Å². The summed E-state index contributed by atoms with van der Waals surface area (Å²) >= 11 is 0. The van der Waals surface area contributed by atoms with Crippen LogP contribution in [0.15, 0.2) is 54.2 Å². The van der Waals surface area contributed by atoms with Crippen molar-refractivity contribution in [1.82, 2.24) is 4.68 Å². The fraction of sp³-hybridized carbons (Fsp3) is 0.0909. The van der Waals surface area contributed by atoms with Gasteiger partial charge in [0.25, 0.3) is 6.33 Å². The van der Waals surface area contributed by atoms with Crippen molar-refractivity contribution in [3.8, 4) is 0 Å². The lowest BCUT2D eigenvalue weighted by atomic mass is 10.2. The maximum absolute atomic E-state index is 11.6. The first-order chi connectivity index (χ1) is 7.25. The van der Waals surface area contributed by atoms with Gasteiger partial charge in [-0.3, -0.25) is 0 Å². The molecule has 4 heteroatoms. The molecule has 0 aliphatic heterocycles. The smallest absolute Gasteiger partial charge is 0.269 e. The van der Waals surface area contributed by atoms with E-state index in [1.54, 1.807) is 24.7 Å². The van der Waals surface area contributed by atoms with Crippen LogP contribution in [0.4, 0.5) is 0 Å². The van der Waals surface area contributed by atoms with Gasteiger partial charge in [-0.25, -0.2) is 4.57 Å². The summed E-state index contributed by atoms with van der Waals surface area (Å²) in [6.07, 6.45) is 5.27. The van der Waals surface area contributed by atoms with Gasteiger partial charge in [0.05, 0.1) is 7.05 Å². The molecular weight excluding hydrogens is 190 g/mol. The van der Waals surface area contributed by atoms with Crippen LogP contribution in [-0.2, 0) is 7.05 Å². The lowest BCUT2D eigenvalue weighted by Crippen LogP contribution is -2.24. The summed E-state index contributed by atoms with van der Waals surface area (Å²) in [5, 5.41) is 15.5. The molecule has 1 heterocycles. The van der Waals surface area contributed by atoms with Crippen LogP contribution < -0.4 is 9.67 Å². The van der Waals surface area contributed by atoms with Gasteiger partial charge in [0.15, 0.2) is 6.20 Å². The van der Waals surface area contributed by atoms with Crippen LogP contribution in [-0.4, -0.2) is 10.6 Å². The van der Waals surface area contributed by atoms with E-state index in [0.717, 1.165) is 0 Å². The highest BCUT2D eigenvalue weighted by Gasteiger charge is 1.97. The van der Waals surface area contributed by atoms with Crippen molar-refractivity contribution in [2.24, 2.45) is 12.1 Å². The molecule has 0 amide bonds. The van der Waals surface area contributed by atoms with Crippen LogP contribution in [0.3, 0.4) is 0 Å². The zero-order valence-electron chi connectivity index (χ0n) is 8.37. The monoisotopic (exact) mass is 201 g/mol. The van der Waals surface area contributed by atoms with Crippen LogP contribution in [0.25, 0.3) is 0 Å². The quantitative estimate of drug-likeness (QED) is 0.379. The molecule has 15 heavy (non-hydrogen) atoms. The molecule has 0 saturated carbocycles. The number of hydrogen-bond donors (Lipinski definition) is 0. The summed E-state index contributed by atoms with van der Waals surface area (Å²) in [5.41, 5.74) is 0.592. The van der Waals surface area contributed by atoms with Gasteiger partial charge in [0.2, 0.25) is 0 Å². The summed E-state index contributed by atoms with van der Waals surface area (Å²) in [5.74, 6) is -0.244. The van der Waals surface area contributed by atoms with Gasteiger partial charge in [-0.05, 0) is 5.56 Å². The van der Waals surface area contributed by atoms with Gasteiger partial charge in [0, 0.05) is 5.90 Å². The fourth-order valence-electron chi connectivity index (χ4n) is 1.24. The lowest BCUT2D eigenvalue weighted by Gasteiger charge is -2.06. The van der Waals surface area contributed by atoms with Gasteiger partial charge in [-0.2, -0.15) is 0 Å². The van der Waals surface area contributed by atoms with Crippen molar-refractivity contribution < 1.29 is 9.67 Å². The molecule has 1 aromatic heterocycles. The Morgan fingerprint density at radius 1 is 1.33 bits per heavy atom. The molecule has 4 nitrogen and oxygen atoms in total. The molecule has 2 rings (SSSR count). The maximum atomic E-state index is 11.6. The predicted molar refractivity (Wildman–Crippen MR) is 54.0 cm³/mol. The van der Waals surface area contributed by atoms with Crippen molar-refractivity contribution in [3.63, 3.8) is 0 Å². The number of nitrogens with zero attached hydrogens (tertiary/aromatic N) is 3. The van der Waals surface area contributed by atoms with Crippen LogP contribution in [0, 0.1) is 0 Å². The van der Waals surface area contributed by atoms with E-state index in [4.69, 9.17) is 0 Å². The van der Waals surface area contributed by atoms with Crippen LogP contribution in [0.1, 0.15) is 5.56 Å². The Balaban J connectivity index is 2.28. The topological polar surface area (TPSA) is 44.2 Å². The number of rotatable bonds is 2. The Morgan fingerprint density at radius 2 is 2.07 bits per heavy atom. The molecule has 0 aliphatic carbocycles. The van der Waals surface area contributed by atoms with E-state index in [1.807, 2.05) is 36.0 Å². The third-order valence-electron chi connectivity index (χ3n) is 1.98. The molecule has 0 unspecified atom stereocenters.